The predicted octanol–water partition coefficient (Wildman–Crippen LogP) is 22.7. The summed E-state index contributed by atoms with van der Waals surface area (Å²) in [5.41, 5.74) is 0. The molecule has 0 unspecified atom stereocenters. The third kappa shape index (κ3) is 13.9. The van der Waals surface area contributed by atoms with Crippen molar-refractivity contribution in [1.82, 2.24) is 0 Å². The Kier molecular flexibility index (Phi) is 35.4. The Morgan fingerprint density at radius 2 is 0.254 bits per heavy atom. The first kappa shape index (κ1) is 65.5. The zero-order valence-corrected chi connectivity index (χ0v) is 55.4. The number of hydrogen-bond acceptors (Lipinski definition) is 0. The zero-order valence-electron chi connectivity index (χ0n) is 47.7. The van der Waals surface area contributed by atoms with Crippen LogP contribution in [-0.4, -0.2) is 48.4 Å². The standard InChI is InChI=1S/2C28H63Si3.Lu/c2*1-10-19-29(20-11-2,21-12-3)28(30(22-13-4,23-14-5)24-15-6)31(25-16-7,26-17-8)27-18-9;/h2*10-27H2,1-9H3;. The van der Waals surface area contributed by atoms with E-state index in [9.17, 15) is 0 Å². The molecular formula is C56H126LuSi6. The van der Waals surface area contributed by atoms with Crippen molar-refractivity contribution < 1.29 is 33.0 Å². The molecule has 63 heavy (non-hydrogen) atoms. The van der Waals surface area contributed by atoms with Gasteiger partial charge in [0, 0.05) is 0 Å². The van der Waals surface area contributed by atoms with Crippen molar-refractivity contribution in [3.05, 3.63) is 0 Å². The van der Waals surface area contributed by atoms with Gasteiger partial charge in [-0.2, -0.15) is 0 Å². The van der Waals surface area contributed by atoms with Gasteiger partial charge in [-0.3, -0.25) is 0 Å². The molecule has 0 aromatic rings. The van der Waals surface area contributed by atoms with Gasteiger partial charge in [0.05, 0.1) is 0 Å². The molecule has 389 valence electrons. The van der Waals surface area contributed by atoms with Gasteiger partial charge in [0.2, 0.25) is 0 Å². The minimum atomic E-state index is -1.91. The molecule has 0 bridgehead atoms. The van der Waals surface area contributed by atoms with Gasteiger partial charge in [-0.15, -0.1) is 0 Å². The van der Waals surface area contributed by atoms with Crippen molar-refractivity contribution in [2.45, 2.75) is 350 Å². The first-order valence-electron chi connectivity index (χ1n) is 29.9. The van der Waals surface area contributed by atoms with E-state index < -0.39 is 48.4 Å². The van der Waals surface area contributed by atoms with E-state index >= 15 is 0 Å². The summed E-state index contributed by atoms with van der Waals surface area (Å²) < 4.78 is 1.60. The van der Waals surface area contributed by atoms with Crippen molar-refractivity contribution >= 4 is 48.4 Å². The summed E-state index contributed by atoms with van der Waals surface area (Å²) in [7, 11) is -11.5. The van der Waals surface area contributed by atoms with Crippen molar-refractivity contribution in [1.29, 1.82) is 0 Å². The van der Waals surface area contributed by atoms with Crippen LogP contribution in [0.2, 0.25) is 110 Å². The number of hydrogen-bond donors (Lipinski definition) is 0. The first-order chi connectivity index (χ1) is 30.3. The average Bonchev–Trinajstić information content (AvgIpc) is 3.23. The summed E-state index contributed by atoms with van der Waals surface area (Å²) in [6, 6.07) is 30.7. The summed E-state index contributed by atoms with van der Waals surface area (Å²) in [4.78, 5) is 0. The maximum atomic E-state index is 2.74. The molecule has 0 nitrogen and oxygen atoms in total. The molecular weight excluding hydrogens is 1020 g/mol. The van der Waals surface area contributed by atoms with E-state index in [-0.39, 0.29) is 0 Å². The second kappa shape index (κ2) is 34.0. The van der Waals surface area contributed by atoms with E-state index in [1.165, 1.54) is 116 Å². The molecule has 0 amide bonds. The molecule has 0 rings (SSSR count). The molecule has 0 aliphatic carbocycles. The third-order valence-corrected chi connectivity index (χ3v) is 90.6. The summed E-state index contributed by atoms with van der Waals surface area (Å²) in [6.07, 6.45) is 26.8. The maximum absolute atomic E-state index is 2.74. The van der Waals surface area contributed by atoms with Crippen molar-refractivity contribution in [2.75, 3.05) is 0 Å². The fourth-order valence-electron chi connectivity index (χ4n) is 17.6. The Balaban J connectivity index is 11.5. The molecule has 0 heterocycles. The molecule has 0 saturated heterocycles. The van der Waals surface area contributed by atoms with Gasteiger partial charge >= 0.3 is 431 Å². The van der Waals surface area contributed by atoms with Gasteiger partial charge < -0.3 is 0 Å². The molecule has 0 spiro atoms. The van der Waals surface area contributed by atoms with E-state index in [2.05, 4.69) is 125 Å². The van der Waals surface area contributed by atoms with Gasteiger partial charge in [0.15, 0.2) is 0 Å². The van der Waals surface area contributed by atoms with Crippen LogP contribution >= 0.6 is 0 Å². The third-order valence-electron chi connectivity index (χ3n) is 17.3. The van der Waals surface area contributed by atoms with Crippen LogP contribution in [0, 0.1) is 33.0 Å². The van der Waals surface area contributed by atoms with Crippen LogP contribution in [0.1, 0.15) is 240 Å². The van der Waals surface area contributed by atoms with Gasteiger partial charge in [-0.1, -0.05) is 0 Å². The first-order valence-corrected chi connectivity index (χ1v) is 47.2. The Hall–Kier alpha value is 2.54. The summed E-state index contributed by atoms with van der Waals surface area (Å²) in [5, 5.41) is 0. The predicted molar refractivity (Wildman–Crippen MR) is 312 cm³/mol. The Labute approximate surface area is 427 Å². The second-order valence-electron chi connectivity index (χ2n) is 22.4. The van der Waals surface area contributed by atoms with Gasteiger partial charge in [0.25, 0.3) is 0 Å². The number of rotatable bonds is 44. The monoisotopic (exact) mass is 1140 g/mol. The topological polar surface area (TPSA) is 0 Å². The van der Waals surface area contributed by atoms with Crippen LogP contribution in [-0.2, 0) is 0 Å². The Morgan fingerprint density at radius 1 is 0.175 bits per heavy atom. The molecule has 0 radical (unpaired) electrons. The average molecular weight is 1140 g/mol. The molecule has 0 aliphatic rings. The summed E-state index contributed by atoms with van der Waals surface area (Å²) >= 11 is 1.16. The van der Waals surface area contributed by atoms with Gasteiger partial charge in [-0.25, -0.2) is 0 Å². The van der Waals surface area contributed by atoms with Gasteiger partial charge in [-0.05, 0) is 0 Å². The normalized spacial score (nSPS) is 14.1. The second-order valence-corrected chi connectivity index (χ2v) is 61.4. The van der Waals surface area contributed by atoms with Crippen LogP contribution in [0.3, 0.4) is 0 Å². The minimum absolute atomic E-state index is 0.799. The van der Waals surface area contributed by atoms with E-state index in [0.717, 1.165) is 34.1 Å². The van der Waals surface area contributed by atoms with Crippen molar-refractivity contribution in [2.24, 2.45) is 0 Å². The van der Waals surface area contributed by atoms with E-state index in [1.807, 2.05) is 0 Å². The molecule has 0 atom stereocenters. The molecule has 0 saturated carbocycles. The van der Waals surface area contributed by atoms with Crippen LogP contribution in [0.4, 0.5) is 0 Å². The summed E-state index contributed by atoms with van der Waals surface area (Å²) in [6.45, 7) is 49.3. The summed E-state index contributed by atoms with van der Waals surface area (Å²) in [5.74, 6) is 0. The molecule has 0 fully saturated rings. The Bertz CT molecular complexity index is 794. The van der Waals surface area contributed by atoms with E-state index in [4.69, 9.17) is 0 Å². The quantitative estimate of drug-likeness (QED) is 0.0534. The fraction of sp³-hybridized carbons (Fsp3) is 1.00. The van der Waals surface area contributed by atoms with Crippen molar-refractivity contribution in [3.63, 3.8) is 0 Å². The molecule has 0 aromatic carbocycles. The fourth-order valence-corrected chi connectivity index (χ4v) is 115. The SMILES string of the molecule is CCC[Si](CCC)(CCC)[C]([Lu][C]([Si](CCC)(CCC)CCC)([Si](CCC)(CCC)CCC)[Si](CCC)(CCC)CCC)([Si](CCC)(CCC)CCC)[Si](CCC)(CCC)CCC. The zero-order chi connectivity index (χ0) is 48.2. The molecule has 0 N–H and O–H groups in total. The van der Waals surface area contributed by atoms with Crippen LogP contribution in [0.5, 0.6) is 0 Å². The van der Waals surface area contributed by atoms with Crippen LogP contribution in [0.15, 0.2) is 0 Å². The van der Waals surface area contributed by atoms with E-state index in [0.29, 0.717) is 0 Å². The van der Waals surface area contributed by atoms with E-state index in [1.54, 1.807) is 109 Å². The molecule has 0 aliphatic heterocycles. The Morgan fingerprint density at radius 3 is 0.317 bits per heavy atom. The van der Waals surface area contributed by atoms with Gasteiger partial charge in [0.1, 0.15) is 0 Å². The molecule has 7 heteroatoms. The van der Waals surface area contributed by atoms with Crippen molar-refractivity contribution in [3.8, 4) is 0 Å². The van der Waals surface area contributed by atoms with Crippen LogP contribution < -0.4 is 0 Å². The van der Waals surface area contributed by atoms with Crippen LogP contribution in [0.25, 0.3) is 0 Å². The molecule has 0 aromatic heterocycles.